The minimum absolute atomic E-state index is 0.687. The molecule has 5 heteroatoms. The van der Waals surface area contributed by atoms with Gasteiger partial charge in [0.05, 0.1) is 27.3 Å². The largest absolute Gasteiger partial charge is 0.246 e. The van der Waals surface area contributed by atoms with Gasteiger partial charge in [-0.3, -0.25) is 0 Å². The van der Waals surface area contributed by atoms with Crippen LogP contribution in [0.1, 0.15) is 4.88 Å². The highest BCUT2D eigenvalue weighted by Gasteiger charge is 2.21. The van der Waals surface area contributed by atoms with Crippen LogP contribution in [-0.4, -0.2) is 15.0 Å². The van der Waals surface area contributed by atoms with Gasteiger partial charge in [-0.2, -0.15) is 5.26 Å². The lowest BCUT2D eigenvalue weighted by atomic mass is 9.95. The van der Waals surface area contributed by atoms with E-state index < -0.39 is 0 Å². The highest BCUT2D eigenvalue weighted by atomic mass is 32.1. The molecule has 4 nitrogen and oxygen atoms in total. The molecular weight excluding hydrogens is 641 g/mol. The number of para-hydroxylation sites is 1. The number of benzene rings is 6. The van der Waals surface area contributed by atoms with Crippen LogP contribution in [0.4, 0.5) is 0 Å². The summed E-state index contributed by atoms with van der Waals surface area (Å²) in [6.07, 6.45) is 0. The first-order valence-electron chi connectivity index (χ1n) is 16.8. The summed E-state index contributed by atoms with van der Waals surface area (Å²) in [5.41, 5.74) is 11.8. The van der Waals surface area contributed by atoms with Crippen molar-refractivity contribution in [2.24, 2.45) is 0 Å². The molecule has 0 atom stereocenters. The topological polar surface area (TPSA) is 62.5 Å². The first kappa shape index (κ1) is 30.3. The molecule has 0 fully saturated rings. The van der Waals surface area contributed by atoms with Crippen molar-refractivity contribution in [1.82, 2.24) is 15.0 Å². The quantitative estimate of drug-likeness (QED) is 0.177. The summed E-state index contributed by atoms with van der Waals surface area (Å²) in [6, 6.07) is 60.4. The third kappa shape index (κ3) is 5.64. The van der Waals surface area contributed by atoms with Gasteiger partial charge < -0.3 is 0 Å². The van der Waals surface area contributed by atoms with Gasteiger partial charge in [-0.1, -0.05) is 158 Å². The van der Waals surface area contributed by atoms with E-state index in [0.29, 0.717) is 10.7 Å². The molecule has 0 aliphatic carbocycles. The maximum absolute atomic E-state index is 10.4. The van der Waals surface area contributed by atoms with E-state index in [4.69, 9.17) is 15.0 Å². The van der Waals surface area contributed by atoms with Crippen molar-refractivity contribution < 1.29 is 0 Å². The smallest absolute Gasteiger partial charge is 0.160 e. The van der Waals surface area contributed by atoms with Gasteiger partial charge >= 0.3 is 0 Å². The van der Waals surface area contributed by atoms with E-state index in [1.165, 1.54) is 11.3 Å². The molecule has 0 saturated carbocycles. The van der Waals surface area contributed by atoms with E-state index >= 15 is 0 Å². The number of thiophene rings is 1. The fourth-order valence-electron chi connectivity index (χ4n) is 6.69. The van der Waals surface area contributed by atoms with Crippen LogP contribution in [0.3, 0.4) is 0 Å². The third-order valence-corrected chi connectivity index (χ3v) is 10.3. The number of rotatable bonds is 6. The molecule has 0 spiro atoms. The van der Waals surface area contributed by atoms with Gasteiger partial charge in [-0.05, 0) is 28.8 Å². The molecule has 0 aliphatic heterocycles. The molecule has 0 unspecified atom stereocenters. The highest BCUT2D eigenvalue weighted by Crippen LogP contribution is 2.45. The number of aromatic nitrogens is 3. The number of nitrogens with zero attached hydrogens (tertiary/aromatic N) is 4. The van der Waals surface area contributed by atoms with Crippen LogP contribution in [0.2, 0.25) is 0 Å². The number of hydrogen-bond acceptors (Lipinski definition) is 5. The molecule has 3 heterocycles. The molecular formula is C46H28N4S. The molecule has 238 valence electrons. The Kier molecular flexibility index (Phi) is 7.70. The summed E-state index contributed by atoms with van der Waals surface area (Å²) in [4.78, 5) is 15.7. The Morgan fingerprint density at radius 3 is 1.55 bits per heavy atom. The maximum atomic E-state index is 10.4. The van der Waals surface area contributed by atoms with E-state index in [2.05, 4.69) is 91.0 Å². The molecule has 0 bridgehead atoms. The van der Waals surface area contributed by atoms with Crippen molar-refractivity contribution >= 4 is 32.3 Å². The van der Waals surface area contributed by atoms with Gasteiger partial charge in [-0.15, -0.1) is 11.3 Å². The lowest BCUT2D eigenvalue weighted by molar-refractivity contribution is 1.18. The van der Waals surface area contributed by atoms with Gasteiger partial charge in [0.15, 0.2) is 5.82 Å². The van der Waals surface area contributed by atoms with Crippen molar-refractivity contribution in [3.8, 4) is 73.5 Å². The Morgan fingerprint density at radius 2 is 0.941 bits per heavy atom. The average molecular weight is 669 g/mol. The van der Waals surface area contributed by atoms with Crippen LogP contribution in [-0.2, 0) is 0 Å². The molecule has 6 aromatic carbocycles. The molecule has 51 heavy (non-hydrogen) atoms. The zero-order chi connectivity index (χ0) is 34.1. The zero-order valence-electron chi connectivity index (χ0n) is 27.4. The van der Waals surface area contributed by atoms with Crippen LogP contribution >= 0.6 is 11.3 Å². The van der Waals surface area contributed by atoms with Crippen molar-refractivity contribution in [3.05, 3.63) is 175 Å². The molecule has 0 aliphatic rings. The van der Waals surface area contributed by atoms with Crippen molar-refractivity contribution in [2.75, 3.05) is 0 Å². The van der Waals surface area contributed by atoms with Crippen LogP contribution in [0, 0.1) is 11.3 Å². The standard InChI is InChI=1S/C46H28N4S/c47-29-41-42(43-37-18-10-11-19-38(37)48-44(45(43)51-41)35-14-6-2-7-15-35)34-26-22-31(23-27-34)30-20-24-33(25-21-30)40-28-39(32-12-4-1-5-13-32)49-46(50-40)36-16-8-3-9-17-36/h1-28H. The summed E-state index contributed by atoms with van der Waals surface area (Å²) >= 11 is 1.52. The summed E-state index contributed by atoms with van der Waals surface area (Å²) < 4.78 is 1.03. The van der Waals surface area contributed by atoms with E-state index in [1.807, 2.05) is 84.9 Å². The van der Waals surface area contributed by atoms with Gasteiger partial charge in [0.1, 0.15) is 10.9 Å². The lowest BCUT2D eigenvalue weighted by Crippen LogP contribution is -1.95. The second-order valence-corrected chi connectivity index (χ2v) is 13.3. The molecule has 3 aromatic heterocycles. The number of pyridine rings is 1. The second kappa shape index (κ2) is 12.9. The van der Waals surface area contributed by atoms with Crippen molar-refractivity contribution in [2.45, 2.75) is 0 Å². The van der Waals surface area contributed by atoms with E-state index in [1.54, 1.807) is 0 Å². The first-order valence-corrected chi connectivity index (χ1v) is 17.6. The first-order chi connectivity index (χ1) is 25.2. The van der Waals surface area contributed by atoms with E-state index in [0.717, 1.165) is 82.6 Å². The van der Waals surface area contributed by atoms with E-state index in [-0.39, 0.29) is 0 Å². The zero-order valence-corrected chi connectivity index (χ0v) is 28.2. The van der Waals surface area contributed by atoms with Gasteiger partial charge in [0.2, 0.25) is 0 Å². The predicted molar refractivity (Wildman–Crippen MR) is 210 cm³/mol. The van der Waals surface area contributed by atoms with Crippen LogP contribution in [0.25, 0.3) is 88.4 Å². The Labute approximate surface area is 299 Å². The maximum Gasteiger partial charge on any atom is 0.160 e. The number of nitriles is 1. The molecule has 0 amide bonds. The third-order valence-electron chi connectivity index (χ3n) is 9.19. The average Bonchev–Trinajstić information content (AvgIpc) is 3.62. The normalized spacial score (nSPS) is 11.1. The summed E-state index contributed by atoms with van der Waals surface area (Å²) in [5.74, 6) is 0.698. The van der Waals surface area contributed by atoms with Crippen LogP contribution in [0.15, 0.2) is 170 Å². The predicted octanol–water partition coefficient (Wildman–Crippen LogP) is 12.1. The number of hydrogen-bond donors (Lipinski definition) is 0. The van der Waals surface area contributed by atoms with Gasteiger partial charge in [-0.25, -0.2) is 15.0 Å². The summed E-state index contributed by atoms with van der Waals surface area (Å²) in [6.45, 7) is 0. The highest BCUT2D eigenvalue weighted by molar-refractivity contribution is 7.21. The SMILES string of the molecule is N#Cc1sc2c(-c3ccccc3)nc3ccccc3c2c1-c1ccc(-c2ccc(-c3cc(-c4ccccc4)nc(-c4ccccc4)n3)cc2)cc1. The molecule has 0 radical (unpaired) electrons. The lowest BCUT2D eigenvalue weighted by Gasteiger charge is -2.11. The van der Waals surface area contributed by atoms with Crippen LogP contribution < -0.4 is 0 Å². The van der Waals surface area contributed by atoms with Crippen LogP contribution in [0.5, 0.6) is 0 Å². The fourth-order valence-corrected chi connectivity index (χ4v) is 7.83. The van der Waals surface area contributed by atoms with Crippen molar-refractivity contribution in [3.63, 3.8) is 0 Å². The Hall–Kier alpha value is -6.74. The fraction of sp³-hybridized carbons (Fsp3) is 0. The molecule has 9 aromatic rings. The summed E-state index contributed by atoms with van der Waals surface area (Å²) in [7, 11) is 0. The van der Waals surface area contributed by atoms with E-state index in [9.17, 15) is 5.26 Å². The molecule has 0 saturated heterocycles. The Balaban J connectivity index is 1.09. The second-order valence-electron chi connectivity index (χ2n) is 12.3. The van der Waals surface area contributed by atoms with Crippen molar-refractivity contribution in [1.29, 1.82) is 5.26 Å². The van der Waals surface area contributed by atoms with Gasteiger partial charge in [0.25, 0.3) is 0 Å². The minimum Gasteiger partial charge on any atom is -0.246 e. The monoisotopic (exact) mass is 668 g/mol. The minimum atomic E-state index is 0.687. The summed E-state index contributed by atoms with van der Waals surface area (Å²) in [5, 5.41) is 12.5. The Bertz CT molecular complexity index is 2660. The molecule has 9 rings (SSSR count). The Morgan fingerprint density at radius 1 is 0.451 bits per heavy atom. The number of fused-ring (bicyclic) bond motifs is 3. The molecule has 0 N–H and O–H groups in total. The van der Waals surface area contributed by atoms with Gasteiger partial charge in [0, 0.05) is 38.6 Å².